The zero-order valence-corrected chi connectivity index (χ0v) is 15.7. The van der Waals surface area contributed by atoms with Gasteiger partial charge in [-0.05, 0) is 50.6 Å². The molecule has 0 spiro atoms. The Morgan fingerprint density at radius 2 is 1.90 bits per heavy atom. The molecule has 1 N–H and O–H groups in total. The summed E-state index contributed by atoms with van der Waals surface area (Å²) in [5.74, 6) is 1.14. The first kappa shape index (κ1) is 19.0. The fraction of sp³-hybridized carbons (Fsp3) is 0.571. The molecule has 0 atom stereocenters. The van der Waals surface area contributed by atoms with Crippen LogP contribution in [0.15, 0.2) is 27.6 Å². The Kier molecular flexibility index (Phi) is 8.98. The molecule has 4 nitrogen and oxygen atoms in total. The smallest absolute Gasteiger partial charge is 0.330 e. The molecule has 0 heterocycles. The molecule has 0 fully saturated rings. The van der Waals surface area contributed by atoms with Crippen LogP contribution < -0.4 is 0 Å². The van der Waals surface area contributed by atoms with Crippen LogP contribution in [0, 0.1) is 0 Å². The van der Waals surface area contributed by atoms with E-state index < -0.39 is 7.60 Å². The first-order valence-electron chi connectivity index (χ1n) is 7.00. The molecule has 1 aromatic carbocycles. The van der Waals surface area contributed by atoms with Crippen LogP contribution in [0.25, 0.3) is 0 Å². The fourth-order valence-electron chi connectivity index (χ4n) is 1.75. The van der Waals surface area contributed by atoms with Crippen molar-refractivity contribution in [2.75, 3.05) is 25.1 Å². The summed E-state index contributed by atoms with van der Waals surface area (Å²) in [5.41, 5.74) is 0. The Balaban J connectivity index is 2.33. The molecule has 0 saturated carbocycles. The average Bonchev–Trinajstić information content (AvgIpc) is 2.42. The lowest BCUT2D eigenvalue weighted by molar-refractivity contribution is 0.219. The molecule has 1 aromatic rings. The van der Waals surface area contributed by atoms with Crippen molar-refractivity contribution in [3.63, 3.8) is 0 Å². The summed E-state index contributed by atoms with van der Waals surface area (Å²) >= 11 is 4.97. The highest BCUT2D eigenvalue weighted by Gasteiger charge is 2.22. The summed E-state index contributed by atoms with van der Waals surface area (Å²) in [6.07, 6.45) is 2.11. The van der Waals surface area contributed by atoms with Crippen LogP contribution in [0.4, 0.5) is 0 Å². The quantitative estimate of drug-likeness (QED) is 0.330. The Morgan fingerprint density at radius 3 is 2.52 bits per heavy atom. The largest absolute Gasteiger partial charge is 0.507 e. The minimum atomic E-state index is -2.91. The summed E-state index contributed by atoms with van der Waals surface area (Å²) in [6, 6.07) is 5.37. The lowest BCUT2D eigenvalue weighted by Gasteiger charge is -2.16. The number of halogens is 1. The monoisotopic (exact) mass is 396 g/mol. The van der Waals surface area contributed by atoms with Gasteiger partial charge in [0.15, 0.2) is 0 Å². The Bertz CT molecular complexity index is 474. The van der Waals surface area contributed by atoms with Crippen LogP contribution in [0.2, 0.25) is 0 Å². The molecule has 0 aliphatic rings. The summed E-state index contributed by atoms with van der Waals surface area (Å²) in [6.45, 7) is 4.44. The lowest BCUT2D eigenvalue weighted by atomic mass is 10.3. The highest BCUT2D eigenvalue weighted by molar-refractivity contribution is 9.10. The second kappa shape index (κ2) is 9.90. The highest BCUT2D eigenvalue weighted by atomic mass is 79.9. The molecule has 0 bridgehead atoms. The second-order valence-electron chi connectivity index (χ2n) is 4.34. The molecular formula is C14H22BrO4PS. The van der Waals surface area contributed by atoms with E-state index in [4.69, 9.17) is 9.05 Å². The topological polar surface area (TPSA) is 55.8 Å². The molecule has 1 rings (SSSR count). The Morgan fingerprint density at radius 1 is 1.24 bits per heavy atom. The molecule has 120 valence electrons. The number of thioether (sulfide) groups is 1. The summed E-state index contributed by atoms with van der Waals surface area (Å²) < 4.78 is 23.7. The van der Waals surface area contributed by atoms with Crippen LogP contribution in [0.3, 0.4) is 0 Å². The van der Waals surface area contributed by atoms with Crippen molar-refractivity contribution in [2.24, 2.45) is 0 Å². The number of aromatic hydroxyl groups is 1. The van der Waals surface area contributed by atoms with Gasteiger partial charge in [-0.15, -0.1) is 11.8 Å². The third-order valence-corrected chi connectivity index (χ3v) is 6.45. The normalized spacial score (nSPS) is 11.8. The molecule has 0 amide bonds. The zero-order valence-electron chi connectivity index (χ0n) is 12.4. The SMILES string of the molecule is CCOP(=O)(CCCCSc1cc(Br)ccc1O)OCC. The minimum absolute atomic E-state index is 0.289. The van der Waals surface area contributed by atoms with Crippen molar-refractivity contribution < 1.29 is 18.7 Å². The van der Waals surface area contributed by atoms with Gasteiger partial charge >= 0.3 is 7.60 Å². The first-order chi connectivity index (χ1) is 10.0. The van der Waals surface area contributed by atoms with Crippen LogP contribution in [-0.2, 0) is 13.6 Å². The standard InChI is InChI=1S/C14H22BrO4PS/c1-3-18-20(17,19-4-2)9-5-6-10-21-14-11-12(15)7-8-13(14)16/h7-8,11,16H,3-6,9-10H2,1-2H3. The van der Waals surface area contributed by atoms with Crippen molar-refractivity contribution in [3.05, 3.63) is 22.7 Å². The minimum Gasteiger partial charge on any atom is -0.507 e. The van der Waals surface area contributed by atoms with Crippen molar-refractivity contribution in [2.45, 2.75) is 31.6 Å². The van der Waals surface area contributed by atoms with Crippen LogP contribution in [0.5, 0.6) is 5.75 Å². The van der Waals surface area contributed by atoms with Gasteiger partial charge in [0.05, 0.1) is 24.3 Å². The van der Waals surface area contributed by atoms with Crippen molar-refractivity contribution in [1.82, 2.24) is 0 Å². The second-order valence-corrected chi connectivity index (χ2v) is 8.58. The third-order valence-electron chi connectivity index (χ3n) is 2.66. The van der Waals surface area contributed by atoms with Gasteiger partial charge in [-0.1, -0.05) is 15.9 Å². The molecule has 7 heteroatoms. The number of hydrogen-bond donors (Lipinski definition) is 1. The number of rotatable bonds is 10. The Hall–Kier alpha value is -0.0000000000000000208. The summed E-state index contributed by atoms with van der Waals surface area (Å²) in [5, 5.41) is 9.73. The summed E-state index contributed by atoms with van der Waals surface area (Å²) in [4.78, 5) is 0.849. The van der Waals surface area contributed by atoms with E-state index in [0.29, 0.717) is 19.4 Å². The average molecular weight is 397 g/mol. The van der Waals surface area contributed by atoms with E-state index in [2.05, 4.69) is 15.9 Å². The first-order valence-corrected chi connectivity index (χ1v) is 10.5. The van der Waals surface area contributed by atoms with E-state index in [9.17, 15) is 9.67 Å². The van der Waals surface area contributed by atoms with Gasteiger partial charge < -0.3 is 14.2 Å². The van der Waals surface area contributed by atoms with Crippen LogP contribution >= 0.6 is 35.3 Å². The van der Waals surface area contributed by atoms with Crippen molar-refractivity contribution in [3.8, 4) is 5.75 Å². The van der Waals surface area contributed by atoms with Crippen molar-refractivity contribution in [1.29, 1.82) is 0 Å². The highest BCUT2D eigenvalue weighted by Crippen LogP contribution is 2.48. The molecule has 0 aliphatic carbocycles. The molecule has 0 radical (unpaired) electrons. The van der Waals surface area contributed by atoms with Gasteiger partial charge in [-0.25, -0.2) is 0 Å². The van der Waals surface area contributed by atoms with Crippen molar-refractivity contribution >= 4 is 35.3 Å². The molecule has 21 heavy (non-hydrogen) atoms. The molecule has 0 saturated heterocycles. The fourth-order valence-corrected chi connectivity index (χ4v) is 4.99. The van der Waals surface area contributed by atoms with E-state index in [0.717, 1.165) is 28.0 Å². The maximum absolute atomic E-state index is 12.2. The summed E-state index contributed by atoms with van der Waals surface area (Å²) in [7, 11) is -2.91. The van der Waals surface area contributed by atoms with Gasteiger partial charge in [0.2, 0.25) is 0 Å². The van der Waals surface area contributed by atoms with E-state index in [1.165, 1.54) is 0 Å². The molecular weight excluding hydrogens is 375 g/mol. The van der Waals surface area contributed by atoms with E-state index >= 15 is 0 Å². The van der Waals surface area contributed by atoms with Crippen LogP contribution in [-0.4, -0.2) is 30.2 Å². The number of phenolic OH excluding ortho intramolecular Hbond substituents is 1. The van der Waals surface area contributed by atoms with E-state index in [-0.39, 0.29) is 5.75 Å². The maximum atomic E-state index is 12.2. The number of hydrogen-bond acceptors (Lipinski definition) is 5. The van der Waals surface area contributed by atoms with Gasteiger partial charge in [0.1, 0.15) is 5.75 Å². The predicted octanol–water partition coefficient (Wildman–Crippen LogP) is 5.29. The predicted molar refractivity (Wildman–Crippen MR) is 91.5 cm³/mol. The van der Waals surface area contributed by atoms with E-state index in [1.807, 2.05) is 19.9 Å². The van der Waals surface area contributed by atoms with Gasteiger partial charge in [-0.2, -0.15) is 0 Å². The van der Waals surface area contributed by atoms with Gasteiger partial charge in [-0.3, -0.25) is 4.57 Å². The Labute approximate surface area is 139 Å². The molecule has 0 unspecified atom stereocenters. The molecule has 0 aromatic heterocycles. The van der Waals surface area contributed by atoms with E-state index in [1.54, 1.807) is 23.9 Å². The zero-order chi connectivity index (χ0) is 15.7. The number of benzene rings is 1. The molecule has 0 aliphatic heterocycles. The van der Waals surface area contributed by atoms with Crippen LogP contribution in [0.1, 0.15) is 26.7 Å². The lowest BCUT2D eigenvalue weighted by Crippen LogP contribution is -2.00. The number of unbranched alkanes of at least 4 members (excludes halogenated alkanes) is 1. The van der Waals surface area contributed by atoms with Gasteiger partial charge in [0, 0.05) is 4.47 Å². The van der Waals surface area contributed by atoms with Gasteiger partial charge in [0.25, 0.3) is 0 Å². The third kappa shape index (κ3) is 7.20. The number of phenols is 1. The maximum Gasteiger partial charge on any atom is 0.330 e.